The van der Waals surface area contributed by atoms with Crippen LogP contribution in [0.3, 0.4) is 0 Å². The zero-order valence-electron chi connectivity index (χ0n) is 14.5. The first-order valence-corrected chi connectivity index (χ1v) is 8.40. The van der Waals surface area contributed by atoms with Gasteiger partial charge in [0.1, 0.15) is 11.7 Å². The minimum atomic E-state index is -1.40. The Hall–Kier alpha value is -2.77. The number of nitrogens with one attached hydrogen (secondary N) is 1. The van der Waals surface area contributed by atoms with E-state index in [2.05, 4.69) is 4.98 Å². The summed E-state index contributed by atoms with van der Waals surface area (Å²) in [5.74, 6) is 0. The summed E-state index contributed by atoms with van der Waals surface area (Å²) in [5, 5.41) is 20.1. The van der Waals surface area contributed by atoms with E-state index < -0.39 is 34.8 Å². The molecule has 2 aliphatic rings. The van der Waals surface area contributed by atoms with Crippen LogP contribution in [0.15, 0.2) is 40.1 Å². The van der Waals surface area contributed by atoms with Crippen molar-refractivity contribution in [1.29, 1.82) is 5.26 Å². The van der Waals surface area contributed by atoms with Crippen LogP contribution in [0.25, 0.3) is 0 Å². The van der Waals surface area contributed by atoms with E-state index in [9.17, 15) is 14.7 Å². The van der Waals surface area contributed by atoms with Crippen LogP contribution in [0, 0.1) is 18.3 Å². The quantitative estimate of drug-likeness (QED) is 0.643. The number of H-pyrrole nitrogens is 1. The normalized spacial score (nSPS) is 31.8. The molecule has 0 aliphatic carbocycles. The van der Waals surface area contributed by atoms with Crippen molar-refractivity contribution in [2.75, 3.05) is 13.2 Å². The van der Waals surface area contributed by atoms with Gasteiger partial charge in [0, 0.05) is 18.3 Å². The molecule has 9 nitrogen and oxygen atoms in total. The zero-order valence-corrected chi connectivity index (χ0v) is 14.5. The Morgan fingerprint density at radius 2 is 2.11 bits per heavy atom. The highest BCUT2D eigenvalue weighted by atomic mass is 16.7. The molecule has 0 saturated carbocycles. The number of aliphatic hydroxyl groups is 1. The number of benzene rings is 1. The average Bonchev–Trinajstić information content (AvgIpc) is 3.11. The van der Waals surface area contributed by atoms with Gasteiger partial charge in [0.05, 0.1) is 18.2 Å². The molecule has 0 spiro atoms. The van der Waals surface area contributed by atoms with Crippen LogP contribution < -0.4 is 17.0 Å². The number of hydrogen-bond donors (Lipinski definition) is 3. The van der Waals surface area contributed by atoms with E-state index in [0.29, 0.717) is 16.7 Å². The van der Waals surface area contributed by atoms with Gasteiger partial charge in [-0.25, -0.2) is 4.79 Å². The summed E-state index contributed by atoms with van der Waals surface area (Å²) in [5.41, 5.74) is 3.40. The van der Waals surface area contributed by atoms with Crippen LogP contribution in [-0.4, -0.2) is 39.5 Å². The lowest BCUT2D eigenvalue weighted by Gasteiger charge is -2.36. The predicted molar refractivity (Wildman–Crippen MR) is 92.8 cm³/mol. The van der Waals surface area contributed by atoms with Crippen molar-refractivity contribution in [2.45, 2.75) is 30.5 Å². The number of nitrogens with zero attached hydrogens (tertiary/aromatic N) is 2. The molecule has 2 aliphatic heterocycles. The fraction of sp³-hybridized carbons (Fsp3) is 0.389. The summed E-state index contributed by atoms with van der Waals surface area (Å²) in [4.78, 5) is 26.4. The molecule has 0 radical (unpaired) electrons. The first-order valence-electron chi connectivity index (χ1n) is 8.40. The SMILES string of the molecule is Cc1cn([C@@H]2O[C@@]3(CN)COC2(c2ccc(C#N)cc2)[C@@H]3O)c(=O)[nH]c1=O. The largest absolute Gasteiger partial charge is 0.386 e. The molecule has 3 heterocycles. The van der Waals surface area contributed by atoms with E-state index in [1.165, 1.54) is 10.8 Å². The topological polar surface area (TPSA) is 143 Å². The number of nitriles is 1. The summed E-state index contributed by atoms with van der Waals surface area (Å²) < 4.78 is 13.3. The number of rotatable bonds is 3. The molecule has 2 bridgehead atoms. The van der Waals surface area contributed by atoms with Crippen LogP contribution >= 0.6 is 0 Å². The maximum absolute atomic E-state index is 12.4. The van der Waals surface area contributed by atoms with Crippen molar-refractivity contribution in [3.05, 3.63) is 68.0 Å². The molecule has 1 aromatic heterocycles. The van der Waals surface area contributed by atoms with Crippen LogP contribution in [-0.2, 0) is 15.1 Å². The minimum Gasteiger partial charge on any atom is -0.386 e. The summed E-state index contributed by atoms with van der Waals surface area (Å²) in [6.45, 7) is 1.60. The van der Waals surface area contributed by atoms with Crippen molar-refractivity contribution in [3.8, 4) is 6.07 Å². The average molecular weight is 370 g/mol. The first kappa shape index (κ1) is 17.6. The fourth-order valence-corrected chi connectivity index (χ4v) is 3.84. The Morgan fingerprint density at radius 1 is 1.41 bits per heavy atom. The number of hydrogen-bond acceptors (Lipinski definition) is 7. The first-order chi connectivity index (χ1) is 12.9. The van der Waals surface area contributed by atoms with Gasteiger partial charge >= 0.3 is 5.69 Å². The molecule has 1 aromatic carbocycles. The van der Waals surface area contributed by atoms with Gasteiger partial charge < -0.3 is 20.3 Å². The lowest BCUT2D eigenvalue weighted by atomic mass is 9.83. The minimum absolute atomic E-state index is 0.0141. The van der Waals surface area contributed by atoms with E-state index in [0.717, 1.165) is 0 Å². The van der Waals surface area contributed by atoms with Crippen LogP contribution in [0.5, 0.6) is 0 Å². The molecule has 140 valence electrons. The van der Waals surface area contributed by atoms with E-state index in [4.69, 9.17) is 20.5 Å². The molecule has 4 atom stereocenters. The second-order valence-corrected chi connectivity index (χ2v) is 6.89. The highest BCUT2D eigenvalue weighted by Crippen LogP contribution is 2.57. The Morgan fingerprint density at radius 3 is 2.74 bits per heavy atom. The van der Waals surface area contributed by atoms with Gasteiger partial charge in [-0.1, -0.05) is 12.1 Å². The van der Waals surface area contributed by atoms with E-state index in [-0.39, 0.29) is 13.2 Å². The van der Waals surface area contributed by atoms with Gasteiger partial charge in [-0.2, -0.15) is 5.26 Å². The Labute approximate surface area is 153 Å². The highest BCUT2D eigenvalue weighted by Gasteiger charge is 2.71. The molecule has 27 heavy (non-hydrogen) atoms. The van der Waals surface area contributed by atoms with Gasteiger partial charge in [-0.15, -0.1) is 0 Å². The summed E-state index contributed by atoms with van der Waals surface area (Å²) in [6, 6.07) is 8.53. The number of fused-ring (bicyclic) bond motifs is 2. The van der Waals surface area contributed by atoms with Crippen molar-refractivity contribution in [1.82, 2.24) is 9.55 Å². The highest BCUT2D eigenvalue weighted by molar-refractivity contribution is 5.38. The van der Waals surface area contributed by atoms with Gasteiger partial charge in [-0.3, -0.25) is 14.3 Å². The predicted octanol–water partition coefficient (Wildman–Crippen LogP) is -0.770. The number of aromatic nitrogens is 2. The smallest absolute Gasteiger partial charge is 0.330 e. The number of nitrogens with two attached hydrogens (primary N) is 1. The molecule has 4 N–H and O–H groups in total. The Balaban J connectivity index is 1.93. The third-order valence-electron chi connectivity index (χ3n) is 5.38. The molecular formula is C18H18N4O5. The molecule has 4 rings (SSSR count). The Kier molecular flexibility index (Phi) is 3.83. The van der Waals surface area contributed by atoms with Gasteiger partial charge in [-0.05, 0) is 24.6 Å². The molecule has 9 heteroatoms. The molecule has 2 fully saturated rings. The summed E-state index contributed by atoms with van der Waals surface area (Å²) in [6.07, 6.45) is -0.814. The third-order valence-corrected chi connectivity index (χ3v) is 5.38. The van der Waals surface area contributed by atoms with E-state index in [1.807, 2.05) is 6.07 Å². The van der Waals surface area contributed by atoms with Gasteiger partial charge in [0.15, 0.2) is 11.8 Å². The van der Waals surface area contributed by atoms with Crippen LogP contribution in [0.4, 0.5) is 0 Å². The second-order valence-electron chi connectivity index (χ2n) is 6.89. The monoisotopic (exact) mass is 370 g/mol. The van der Waals surface area contributed by atoms with Crippen molar-refractivity contribution >= 4 is 0 Å². The Bertz CT molecular complexity index is 1050. The van der Waals surface area contributed by atoms with E-state index in [1.54, 1.807) is 31.2 Å². The van der Waals surface area contributed by atoms with Crippen LogP contribution in [0.1, 0.15) is 22.9 Å². The lowest BCUT2D eigenvalue weighted by Crippen LogP contribution is -2.47. The van der Waals surface area contributed by atoms with Crippen molar-refractivity contribution < 1.29 is 14.6 Å². The zero-order chi connectivity index (χ0) is 19.4. The summed E-state index contributed by atoms with van der Waals surface area (Å²) >= 11 is 0. The number of aliphatic hydroxyl groups excluding tert-OH is 1. The number of ether oxygens (including phenoxy) is 2. The van der Waals surface area contributed by atoms with Crippen molar-refractivity contribution in [3.63, 3.8) is 0 Å². The molecule has 0 amide bonds. The van der Waals surface area contributed by atoms with Crippen molar-refractivity contribution in [2.24, 2.45) is 5.73 Å². The molecule has 2 saturated heterocycles. The maximum atomic E-state index is 12.4. The van der Waals surface area contributed by atoms with E-state index >= 15 is 0 Å². The lowest BCUT2D eigenvalue weighted by molar-refractivity contribution is -0.212. The molecule has 2 aromatic rings. The fourth-order valence-electron chi connectivity index (χ4n) is 3.84. The molecule has 1 unspecified atom stereocenters. The van der Waals surface area contributed by atoms with Crippen LogP contribution in [0.2, 0.25) is 0 Å². The number of aromatic amines is 1. The molecular weight excluding hydrogens is 352 g/mol. The summed E-state index contributed by atoms with van der Waals surface area (Å²) in [7, 11) is 0. The van der Waals surface area contributed by atoms with Gasteiger partial charge in [0.2, 0.25) is 0 Å². The van der Waals surface area contributed by atoms with Gasteiger partial charge in [0.25, 0.3) is 5.56 Å². The second kappa shape index (κ2) is 5.87. The standard InChI is InChI=1S/C18H18N4O5/c1-10-7-22(16(25)21-13(10)23)15-18(12-4-2-11(6-19)3-5-12)14(24)17(8-20,27-15)9-26-18/h2-5,7,14-15,24H,8-9,20H2,1H3,(H,21,23,25)/t14-,15-,17+,18?/m1/s1. The third kappa shape index (κ3) is 2.25. The maximum Gasteiger partial charge on any atom is 0.330 e. The number of aryl methyl sites for hydroxylation is 1.